The summed E-state index contributed by atoms with van der Waals surface area (Å²) in [7, 11) is 0. The van der Waals surface area contributed by atoms with E-state index in [4.69, 9.17) is 29.6 Å². The Hall–Kier alpha value is -2.84. The van der Waals surface area contributed by atoms with Crippen molar-refractivity contribution in [3.05, 3.63) is 57.6 Å². The Morgan fingerprint density at radius 2 is 1.92 bits per heavy atom. The fourth-order valence-electron chi connectivity index (χ4n) is 2.78. The molecule has 3 heterocycles. The topological polar surface area (TPSA) is 91.1 Å². The number of nitrogens with zero attached hydrogens (tertiary/aromatic N) is 5. The van der Waals surface area contributed by atoms with Crippen LogP contribution in [0, 0.1) is 6.92 Å². The lowest BCUT2D eigenvalue weighted by atomic mass is 10.1. The lowest BCUT2D eigenvalue weighted by molar-refractivity contribution is 0.913. The third kappa shape index (κ3) is 2.38. The second-order valence-electron chi connectivity index (χ2n) is 5.47. The maximum absolute atomic E-state index is 12.4. The van der Waals surface area contributed by atoms with Gasteiger partial charge in [-0.3, -0.25) is 9.36 Å². The van der Waals surface area contributed by atoms with Crippen LogP contribution in [0.25, 0.3) is 27.8 Å². The summed E-state index contributed by atoms with van der Waals surface area (Å²) in [5.74, 6) is 0. The van der Waals surface area contributed by atoms with Gasteiger partial charge in [-0.05, 0) is 42.9 Å². The first kappa shape index (κ1) is 15.7. The van der Waals surface area contributed by atoms with E-state index in [2.05, 4.69) is 15.3 Å². The Morgan fingerprint density at radius 3 is 2.60 bits per heavy atom. The summed E-state index contributed by atoms with van der Waals surface area (Å²) in [5, 5.41) is 13.4. The molecule has 4 rings (SSSR count). The van der Waals surface area contributed by atoms with Crippen LogP contribution in [0.15, 0.2) is 41.3 Å². The van der Waals surface area contributed by atoms with Crippen LogP contribution in [0.1, 0.15) is 5.69 Å². The van der Waals surface area contributed by atoms with Crippen LogP contribution in [0.2, 0.25) is 5.02 Å². The molecule has 0 bridgehead atoms. The number of pyridine rings is 1. The fourth-order valence-corrected chi connectivity index (χ4v) is 3.05. The molecule has 0 aliphatic rings. The van der Waals surface area contributed by atoms with Gasteiger partial charge in [0.2, 0.25) is 0 Å². The van der Waals surface area contributed by atoms with Gasteiger partial charge in [0.15, 0.2) is 16.3 Å². The van der Waals surface area contributed by atoms with E-state index in [1.807, 2.05) is 19.1 Å². The fraction of sp³-hybridized carbons (Fsp3) is 0.0625. The molecule has 0 saturated heterocycles. The molecular weight excluding hydrogens is 360 g/mol. The average molecular weight is 371 g/mol. The third-order valence-corrected chi connectivity index (χ3v) is 4.37. The quantitative estimate of drug-likeness (QED) is 0.516. The molecule has 3 aromatic heterocycles. The Bertz CT molecular complexity index is 1210. The van der Waals surface area contributed by atoms with Gasteiger partial charge in [0.25, 0.3) is 5.56 Å². The number of nitrogens with two attached hydrogens (primary N) is 1. The molecule has 4 aromatic rings. The van der Waals surface area contributed by atoms with Gasteiger partial charge >= 0.3 is 0 Å². The number of hydrogen-bond donors (Lipinski definition) is 1. The van der Waals surface area contributed by atoms with Crippen LogP contribution in [-0.4, -0.2) is 29.5 Å². The molecule has 0 aliphatic carbocycles. The highest BCUT2D eigenvalue weighted by Gasteiger charge is 2.17. The second kappa shape index (κ2) is 5.61. The number of hydrogen-bond acceptors (Lipinski definition) is 5. The van der Waals surface area contributed by atoms with Crippen molar-refractivity contribution in [2.45, 2.75) is 6.92 Å². The first-order valence-electron chi connectivity index (χ1n) is 7.30. The summed E-state index contributed by atoms with van der Waals surface area (Å²) < 4.78 is 2.75. The highest BCUT2D eigenvalue weighted by atomic mass is 35.5. The minimum atomic E-state index is -0.430. The van der Waals surface area contributed by atoms with Gasteiger partial charge in [0.05, 0.1) is 11.3 Å². The molecule has 7 nitrogen and oxygen atoms in total. The van der Waals surface area contributed by atoms with Crippen molar-refractivity contribution in [2.75, 3.05) is 0 Å². The first-order chi connectivity index (χ1) is 12.0. The van der Waals surface area contributed by atoms with Gasteiger partial charge in [-0.25, -0.2) is 4.52 Å². The van der Waals surface area contributed by atoms with Crippen molar-refractivity contribution in [1.29, 1.82) is 0 Å². The van der Waals surface area contributed by atoms with Gasteiger partial charge in [0.1, 0.15) is 5.52 Å². The maximum atomic E-state index is 12.4. The SMILES string of the molecule is Cc1nn2c(nnc3c(=O)n(C(N)=S)ccc32)c1-c1ccc(Cl)cc1. The highest BCUT2D eigenvalue weighted by molar-refractivity contribution is 7.80. The molecule has 0 saturated carbocycles. The summed E-state index contributed by atoms with van der Waals surface area (Å²) in [6.45, 7) is 1.88. The summed E-state index contributed by atoms with van der Waals surface area (Å²) in [6.07, 6.45) is 1.51. The predicted octanol–water partition coefficient (Wildman–Crippen LogP) is 2.16. The van der Waals surface area contributed by atoms with E-state index in [0.29, 0.717) is 16.2 Å². The normalized spacial score (nSPS) is 11.3. The predicted molar refractivity (Wildman–Crippen MR) is 99.9 cm³/mol. The third-order valence-electron chi connectivity index (χ3n) is 3.92. The Morgan fingerprint density at radius 1 is 1.20 bits per heavy atom. The Balaban J connectivity index is 2.06. The van der Waals surface area contributed by atoms with E-state index >= 15 is 0 Å². The summed E-state index contributed by atoms with van der Waals surface area (Å²) in [5.41, 5.74) is 8.87. The second-order valence-corrected chi connectivity index (χ2v) is 6.32. The molecule has 25 heavy (non-hydrogen) atoms. The molecule has 0 amide bonds. The van der Waals surface area contributed by atoms with Gasteiger partial charge in [-0.2, -0.15) is 5.10 Å². The van der Waals surface area contributed by atoms with Crippen molar-refractivity contribution in [2.24, 2.45) is 5.73 Å². The lowest BCUT2D eigenvalue weighted by Crippen LogP contribution is -2.31. The van der Waals surface area contributed by atoms with Crippen molar-refractivity contribution >= 4 is 45.6 Å². The standard InChI is InChI=1S/C16H11ClN6OS/c1-8-12(9-2-4-10(17)5-3-9)14-20-19-13-11(23(14)21-8)6-7-22(15(13)24)16(18)25/h2-7H,1H3,(H2,18,25). The Kier molecular flexibility index (Phi) is 3.52. The monoisotopic (exact) mass is 370 g/mol. The molecule has 0 unspecified atom stereocenters. The number of thiocarbonyl (C=S) groups is 1. The van der Waals surface area contributed by atoms with Crippen LogP contribution in [0.5, 0.6) is 0 Å². The molecule has 124 valence electrons. The van der Waals surface area contributed by atoms with Gasteiger partial charge in [-0.1, -0.05) is 23.7 Å². The smallest absolute Gasteiger partial charge is 0.286 e. The largest absolute Gasteiger partial charge is 0.376 e. The van der Waals surface area contributed by atoms with Crippen LogP contribution < -0.4 is 11.3 Å². The van der Waals surface area contributed by atoms with Crippen LogP contribution >= 0.6 is 23.8 Å². The Labute approximate surface area is 151 Å². The highest BCUT2D eigenvalue weighted by Crippen LogP contribution is 2.28. The number of rotatable bonds is 1. The zero-order valence-corrected chi connectivity index (χ0v) is 14.5. The number of aromatic nitrogens is 5. The van der Waals surface area contributed by atoms with E-state index in [9.17, 15) is 4.79 Å². The molecule has 9 heteroatoms. The van der Waals surface area contributed by atoms with Crippen LogP contribution in [0.4, 0.5) is 0 Å². The number of benzene rings is 1. The van der Waals surface area contributed by atoms with Gasteiger partial charge in [0, 0.05) is 11.2 Å². The van der Waals surface area contributed by atoms with E-state index in [0.717, 1.165) is 21.4 Å². The molecule has 0 aliphatic heterocycles. The van der Waals surface area contributed by atoms with Gasteiger partial charge in [-0.15, -0.1) is 10.2 Å². The molecule has 0 spiro atoms. The summed E-state index contributed by atoms with van der Waals surface area (Å²) >= 11 is 10.8. The van der Waals surface area contributed by atoms with Gasteiger partial charge < -0.3 is 5.73 Å². The first-order valence-corrected chi connectivity index (χ1v) is 8.09. The molecule has 2 N–H and O–H groups in total. The minimum Gasteiger partial charge on any atom is -0.376 e. The number of aryl methyl sites for hydroxylation is 1. The molecule has 0 fully saturated rings. The van der Waals surface area contributed by atoms with Crippen LogP contribution in [0.3, 0.4) is 0 Å². The van der Waals surface area contributed by atoms with Crippen molar-refractivity contribution < 1.29 is 0 Å². The zero-order chi connectivity index (χ0) is 17.7. The number of fused-ring (bicyclic) bond motifs is 3. The van der Waals surface area contributed by atoms with Crippen molar-refractivity contribution in [1.82, 2.24) is 24.4 Å². The summed E-state index contributed by atoms with van der Waals surface area (Å²) in [4.78, 5) is 12.4. The molecule has 0 atom stereocenters. The molecule has 0 radical (unpaired) electrons. The molecule has 1 aromatic carbocycles. The van der Waals surface area contributed by atoms with E-state index in [-0.39, 0.29) is 10.6 Å². The average Bonchev–Trinajstić information content (AvgIpc) is 2.92. The van der Waals surface area contributed by atoms with E-state index in [1.165, 1.54) is 6.20 Å². The van der Waals surface area contributed by atoms with E-state index in [1.54, 1.807) is 22.7 Å². The van der Waals surface area contributed by atoms with Crippen molar-refractivity contribution in [3.63, 3.8) is 0 Å². The number of halogens is 1. The molecular formula is C16H11ClN6OS. The minimum absolute atomic E-state index is 0.0488. The lowest BCUT2D eigenvalue weighted by Gasteiger charge is -2.05. The summed E-state index contributed by atoms with van der Waals surface area (Å²) in [6, 6.07) is 9.08. The zero-order valence-electron chi connectivity index (χ0n) is 13.0. The maximum Gasteiger partial charge on any atom is 0.286 e. The van der Waals surface area contributed by atoms with Crippen LogP contribution in [-0.2, 0) is 0 Å². The van der Waals surface area contributed by atoms with E-state index < -0.39 is 5.56 Å². The van der Waals surface area contributed by atoms with Crippen molar-refractivity contribution in [3.8, 4) is 11.1 Å².